The molecule has 0 aromatic heterocycles. The number of carbonyl (C=O) groups is 2. The molecule has 1 heterocycles. The third-order valence-corrected chi connectivity index (χ3v) is 15.9. The minimum atomic E-state index is -1.57. The summed E-state index contributed by atoms with van der Waals surface area (Å²) in [6.45, 7) is 4.35. The van der Waals surface area contributed by atoms with Crippen LogP contribution in [0.1, 0.15) is 328 Å². The average Bonchev–Trinajstić information content (AvgIpc) is 3.42. The molecular formula is C65H125NO10. The van der Waals surface area contributed by atoms with Gasteiger partial charge in [0.25, 0.3) is 0 Å². The van der Waals surface area contributed by atoms with Crippen molar-refractivity contribution in [1.29, 1.82) is 0 Å². The van der Waals surface area contributed by atoms with Crippen LogP contribution in [0.4, 0.5) is 0 Å². The fraction of sp³-hybridized carbons (Fsp3) is 0.938. The van der Waals surface area contributed by atoms with Crippen molar-refractivity contribution in [3.8, 4) is 0 Å². The van der Waals surface area contributed by atoms with Gasteiger partial charge in [-0.15, -0.1) is 0 Å². The summed E-state index contributed by atoms with van der Waals surface area (Å²) in [5.74, 6) is -0.170. The Balaban J connectivity index is 1.93. The van der Waals surface area contributed by atoms with Gasteiger partial charge in [-0.3, -0.25) is 9.59 Å². The van der Waals surface area contributed by atoms with Crippen molar-refractivity contribution < 1.29 is 49.3 Å². The van der Waals surface area contributed by atoms with E-state index in [0.29, 0.717) is 19.4 Å². The zero-order valence-electron chi connectivity index (χ0n) is 49.7. The van der Waals surface area contributed by atoms with Gasteiger partial charge >= 0.3 is 5.97 Å². The molecule has 0 spiro atoms. The van der Waals surface area contributed by atoms with E-state index in [1.165, 1.54) is 250 Å². The maximum Gasteiger partial charge on any atom is 0.305 e. The molecule has 0 aromatic carbocycles. The quantitative estimate of drug-likeness (QED) is 0.0195. The summed E-state index contributed by atoms with van der Waals surface area (Å²) in [5, 5.41) is 54.2. The molecule has 0 bridgehead atoms. The maximum absolute atomic E-state index is 13.0. The molecule has 450 valence electrons. The number of carbonyl (C=O) groups excluding carboxylic acids is 2. The van der Waals surface area contributed by atoms with Crippen LogP contribution in [0.2, 0.25) is 0 Å². The SMILES string of the molecule is CCCCCCCCC/C=C/C(O)C(COC1OC(CO)C(O)C(O)C1O)NC(=O)CCCCCCCCCCCCCCCCCCCCCCCCCCCCCOC(=O)CCCCCCCCCCCCCC. The second-order valence-corrected chi connectivity index (χ2v) is 23.2. The lowest BCUT2D eigenvalue weighted by Crippen LogP contribution is -2.60. The Morgan fingerprint density at radius 1 is 0.474 bits per heavy atom. The molecule has 11 nitrogen and oxygen atoms in total. The average molecular weight is 1080 g/mol. The zero-order valence-corrected chi connectivity index (χ0v) is 49.7. The molecule has 0 saturated carbocycles. The first-order valence-corrected chi connectivity index (χ1v) is 33.0. The Bertz CT molecular complexity index is 1270. The number of hydrogen-bond acceptors (Lipinski definition) is 10. The highest BCUT2D eigenvalue weighted by molar-refractivity contribution is 5.76. The molecule has 1 fully saturated rings. The minimum absolute atomic E-state index is 0.00969. The van der Waals surface area contributed by atoms with Crippen molar-refractivity contribution in [3.63, 3.8) is 0 Å². The Labute approximate surface area is 468 Å². The lowest BCUT2D eigenvalue weighted by molar-refractivity contribution is -0.302. The molecular weight excluding hydrogens is 955 g/mol. The van der Waals surface area contributed by atoms with Gasteiger partial charge in [0.15, 0.2) is 6.29 Å². The van der Waals surface area contributed by atoms with Crippen molar-refractivity contribution in [2.75, 3.05) is 19.8 Å². The summed E-state index contributed by atoms with van der Waals surface area (Å²) in [7, 11) is 0. The van der Waals surface area contributed by atoms with Crippen LogP contribution in [0.3, 0.4) is 0 Å². The van der Waals surface area contributed by atoms with Crippen LogP contribution in [0.5, 0.6) is 0 Å². The number of esters is 1. The molecule has 1 amide bonds. The Hall–Kier alpha value is -1.60. The number of nitrogens with one attached hydrogen (secondary N) is 1. The smallest absolute Gasteiger partial charge is 0.305 e. The molecule has 0 aliphatic carbocycles. The largest absolute Gasteiger partial charge is 0.466 e. The van der Waals surface area contributed by atoms with Crippen LogP contribution in [0, 0.1) is 0 Å². The molecule has 0 radical (unpaired) electrons. The van der Waals surface area contributed by atoms with Gasteiger partial charge in [0, 0.05) is 12.8 Å². The minimum Gasteiger partial charge on any atom is -0.466 e. The fourth-order valence-corrected chi connectivity index (χ4v) is 10.7. The van der Waals surface area contributed by atoms with Crippen molar-refractivity contribution in [1.82, 2.24) is 5.32 Å². The monoisotopic (exact) mass is 1080 g/mol. The molecule has 1 rings (SSSR count). The number of hydrogen-bond donors (Lipinski definition) is 6. The van der Waals surface area contributed by atoms with Crippen LogP contribution in [0.15, 0.2) is 12.2 Å². The van der Waals surface area contributed by atoms with Gasteiger partial charge in [-0.2, -0.15) is 0 Å². The first-order chi connectivity index (χ1) is 37.2. The first-order valence-electron chi connectivity index (χ1n) is 33.0. The summed E-state index contributed by atoms with van der Waals surface area (Å²) < 4.78 is 16.7. The summed E-state index contributed by atoms with van der Waals surface area (Å²) in [6.07, 6.45) is 56.3. The predicted molar refractivity (Wildman–Crippen MR) is 315 cm³/mol. The van der Waals surface area contributed by atoms with Gasteiger partial charge in [0.05, 0.1) is 32.0 Å². The molecule has 1 aliphatic heterocycles. The summed E-state index contributed by atoms with van der Waals surface area (Å²) in [6, 6.07) is -0.805. The molecule has 0 aromatic rings. The normalized spacial score (nSPS) is 18.6. The standard InChI is InChI=1S/C65H125NO10/c1-3-5-7-9-11-13-14-33-37-41-45-49-53-61(70)74-54-50-46-42-38-34-31-29-27-25-23-21-19-17-15-16-18-20-22-24-26-28-30-32-36-40-44-48-52-60(69)66-57(58(68)51-47-43-39-35-12-10-8-6-4-2)56-75-65-64(73)63(72)62(71)59(55-67)76-65/h47,51,57-59,62-65,67-68,71-73H,3-46,48-50,52-56H2,1-2H3,(H,66,69)/b51-47+. The highest BCUT2D eigenvalue weighted by atomic mass is 16.7. The number of amides is 1. The van der Waals surface area contributed by atoms with Gasteiger partial charge in [-0.25, -0.2) is 0 Å². The molecule has 1 aliphatic rings. The van der Waals surface area contributed by atoms with E-state index in [1.807, 2.05) is 6.08 Å². The van der Waals surface area contributed by atoms with Crippen molar-refractivity contribution >= 4 is 11.9 Å². The van der Waals surface area contributed by atoms with E-state index in [4.69, 9.17) is 14.2 Å². The van der Waals surface area contributed by atoms with E-state index in [-0.39, 0.29) is 18.5 Å². The van der Waals surface area contributed by atoms with Gasteiger partial charge in [0.1, 0.15) is 24.4 Å². The molecule has 1 saturated heterocycles. The van der Waals surface area contributed by atoms with Gasteiger partial charge < -0.3 is 45.1 Å². The fourth-order valence-electron chi connectivity index (χ4n) is 10.7. The molecule has 7 atom stereocenters. The second kappa shape index (κ2) is 55.3. The highest BCUT2D eigenvalue weighted by Gasteiger charge is 2.44. The van der Waals surface area contributed by atoms with Crippen LogP contribution in [0.25, 0.3) is 0 Å². The number of aliphatic hydroxyl groups is 5. The summed E-state index contributed by atoms with van der Waals surface area (Å²) in [4.78, 5) is 25.0. The van der Waals surface area contributed by atoms with E-state index in [0.717, 1.165) is 51.4 Å². The van der Waals surface area contributed by atoms with Crippen molar-refractivity contribution in [2.45, 2.75) is 371 Å². The van der Waals surface area contributed by atoms with E-state index in [9.17, 15) is 35.1 Å². The Morgan fingerprint density at radius 2 is 0.829 bits per heavy atom. The van der Waals surface area contributed by atoms with E-state index in [1.54, 1.807) is 6.08 Å². The number of aliphatic hydroxyl groups excluding tert-OH is 5. The third kappa shape index (κ3) is 44.2. The Morgan fingerprint density at radius 3 is 1.22 bits per heavy atom. The first kappa shape index (κ1) is 72.4. The molecule has 11 heteroatoms. The number of ether oxygens (including phenoxy) is 3. The van der Waals surface area contributed by atoms with Gasteiger partial charge in [-0.05, 0) is 32.1 Å². The molecule has 76 heavy (non-hydrogen) atoms. The van der Waals surface area contributed by atoms with Crippen molar-refractivity contribution in [3.05, 3.63) is 12.2 Å². The van der Waals surface area contributed by atoms with Crippen molar-refractivity contribution in [2.24, 2.45) is 0 Å². The van der Waals surface area contributed by atoms with E-state index < -0.39 is 49.5 Å². The summed E-state index contributed by atoms with van der Waals surface area (Å²) >= 11 is 0. The number of allylic oxidation sites excluding steroid dienone is 1. The van der Waals surface area contributed by atoms with Gasteiger partial charge in [-0.1, -0.05) is 296 Å². The van der Waals surface area contributed by atoms with Crippen LogP contribution >= 0.6 is 0 Å². The second-order valence-electron chi connectivity index (χ2n) is 23.2. The zero-order chi connectivity index (χ0) is 55.2. The summed E-state index contributed by atoms with van der Waals surface area (Å²) in [5.41, 5.74) is 0. The number of rotatable bonds is 58. The predicted octanol–water partition coefficient (Wildman–Crippen LogP) is 15.9. The highest BCUT2D eigenvalue weighted by Crippen LogP contribution is 2.23. The Kier molecular flexibility index (Phi) is 52.7. The topological polar surface area (TPSA) is 175 Å². The van der Waals surface area contributed by atoms with Crippen LogP contribution < -0.4 is 5.32 Å². The molecule has 7 unspecified atom stereocenters. The maximum atomic E-state index is 13.0. The lowest BCUT2D eigenvalue weighted by Gasteiger charge is -2.40. The molecule has 6 N–H and O–H groups in total. The van der Waals surface area contributed by atoms with E-state index >= 15 is 0 Å². The third-order valence-electron chi connectivity index (χ3n) is 15.9. The van der Waals surface area contributed by atoms with E-state index in [2.05, 4.69) is 19.2 Å². The van der Waals surface area contributed by atoms with Crippen LogP contribution in [-0.2, 0) is 23.8 Å². The van der Waals surface area contributed by atoms with Crippen LogP contribution in [-0.4, -0.2) is 100 Å². The lowest BCUT2D eigenvalue weighted by atomic mass is 9.99. The van der Waals surface area contributed by atoms with Gasteiger partial charge in [0.2, 0.25) is 5.91 Å². The number of unbranched alkanes of at least 4 members (excludes halogenated alkanes) is 44.